The van der Waals surface area contributed by atoms with E-state index in [1.54, 1.807) is 28.8 Å². The third-order valence-electron chi connectivity index (χ3n) is 6.86. The van der Waals surface area contributed by atoms with Crippen molar-refractivity contribution >= 4 is 10.0 Å². The highest BCUT2D eigenvalue weighted by Crippen LogP contribution is 2.32. The van der Waals surface area contributed by atoms with Gasteiger partial charge in [-0.15, -0.1) is 0 Å². The summed E-state index contributed by atoms with van der Waals surface area (Å²) >= 11 is 0. The van der Waals surface area contributed by atoms with Crippen LogP contribution >= 0.6 is 0 Å². The van der Waals surface area contributed by atoms with Crippen LogP contribution in [0.3, 0.4) is 0 Å². The molecule has 0 atom stereocenters. The Kier molecular flexibility index (Phi) is 7.20. The molecule has 0 spiro atoms. The van der Waals surface area contributed by atoms with Crippen LogP contribution in [0.2, 0.25) is 0 Å². The van der Waals surface area contributed by atoms with Gasteiger partial charge in [-0.25, -0.2) is 13.2 Å². The van der Waals surface area contributed by atoms with Gasteiger partial charge in [0.1, 0.15) is 6.26 Å². The van der Waals surface area contributed by atoms with Crippen molar-refractivity contribution in [2.75, 3.05) is 0 Å². The fourth-order valence-corrected chi connectivity index (χ4v) is 6.37. The van der Waals surface area contributed by atoms with Gasteiger partial charge >= 0.3 is 5.76 Å². The number of sulfonamides is 1. The lowest BCUT2D eigenvalue weighted by molar-refractivity contribution is 0.331. The van der Waals surface area contributed by atoms with Crippen molar-refractivity contribution in [3.05, 3.63) is 113 Å². The maximum atomic E-state index is 13.8. The van der Waals surface area contributed by atoms with Crippen molar-refractivity contribution in [1.82, 2.24) is 8.87 Å². The molecule has 5 rings (SSSR count). The summed E-state index contributed by atoms with van der Waals surface area (Å²) in [6, 6.07) is 26.1. The van der Waals surface area contributed by atoms with E-state index in [4.69, 9.17) is 4.42 Å². The maximum Gasteiger partial charge on any atom is 0.419 e. The lowest BCUT2D eigenvalue weighted by Gasteiger charge is -2.24. The zero-order valence-corrected chi connectivity index (χ0v) is 20.9. The van der Waals surface area contributed by atoms with Crippen LogP contribution in [0.4, 0.5) is 0 Å². The third kappa shape index (κ3) is 5.22. The van der Waals surface area contributed by atoms with E-state index in [9.17, 15) is 13.2 Å². The van der Waals surface area contributed by atoms with Gasteiger partial charge in [-0.2, -0.15) is 4.31 Å². The number of hydrogen-bond donors (Lipinski definition) is 0. The molecule has 0 N–H and O–H groups in total. The first kappa shape index (κ1) is 24.3. The van der Waals surface area contributed by atoms with Crippen molar-refractivity contribution < 1.29 is 12.8 Å². The summed E-state index contributed by atoms with van der Waals surface area (Å²) in [5.41, 5.74) is 3.30. The third-order valence-corrected chi connectivity index (χ3v) is 8.66. The van der Waals surface area contributed by atoms with Gasteiger partial charge in [-0.05, 0) is 36.1 Å². The molecule has 0 saturated heterocycles. The van der Waals surface area contributed by atoms with Crippen LogP contribution in [0.15, 0.2) is 105 Å². The summed E-state index contributed by atoms with van der Waals surface area (Å²) < 4.78 is 36.0. The van der Waals surface area contributed by atoms with E-state index in [0.717, 1.165) is 42.4 Å². The smallest absolute Gasteiger partial charge is 0.416 e. The first-order valence-electron chi connectivity index (χ1n) is 12.4. The molecule has 0 bridgehead atoms. The fourth-order valence-electron chi connectivity index (χ4n) is 4.96. The Morgan fingerprint density at radius 1 is 0.778 bits per heavy atom. The number of aromatic nitrogens is 1. The van der Waals surface area contributed by atoms with Gasteiger partial charge in [0.2, 0.25) is 10.0 Å². The second-order valence-corrected chi connectivity index (χ2v) is 11.3. The highest BCUT2D eigenvalue weighted by molar-refractivity contribution is 7.89. The predicted octanol–water partition coefficient (Wildman–Crippen LogP) is 6.00. The van der Waals surface area contributed by atoms with Crippen molar-refractivity contribution in [3.63, 3.8) is 0 Å². The van der Waals surface area contributed by atoms with E-state index in [1.165, 1.54) is 17.0 Å². The van der Waals surface area contributed by atoms with Gasteiger partial charge < -0.3 is 4.42 Å². The molecule has 1 aromatic heterocycles. The topological polar surface area (TPSA) is 72.5 Å². The van der Waals surface area contributed by atoms with Crippen molar-refractivity contribution in [2.45, 2.75) is 56.1 Å². The second kappa shape index (κ2) is 10.7. The normalized spacial score (nSPS) is 14.8. The van der Waals surface area contributed by atoms with E-state index >= 15 is 0 Å². The van der Waals surface area contributed by atoms with Crippen LogP contribution in [0.1, 0.15) is 49.3 Å². The Morgan fingerprint density at radius 2 is 1.33 bits per heavy atom. The van der Waals surface area contributed by atoms with Crippen LogP contribution in [-0.4, -0.2) is 17.3 Å². The average Bonchev–Trinajstić information content (AvgIpc) is 3.31. The zero-order chi connectivity index (χ0) is 25.0. The lowest BCUT2D eigenvalue weighted by atomic mass is 9.95. The molecule has 0 aliphatic heterocycles. The van der Waals surface area contributed by atoms with E-state index in [2.05, 4.69) is 0 Å². The fraction of sp³-hybridized carbons (Fsp3) is 0.276. The summed E-state index contributed by atoms with van der Waals surface area (Å²) in [5, 5.41) is 0. The van der Waals surface area contributed by atoms with Crippen molar-refractivity contribution in [3.8, 4) is 11.3 Å². The molecule has 4 aromatic rings. The molecular formula is C29H30N2O4S. The monoisotopic (exact) mass is 502 g/mol. The molecular weight excluding hydrogens is 472 g/mol. The van der Waals surface area contributed by atoms with E-state index in [-0.39, 0.29) is 29.8 Å². The van der Waals surface area contributed by atoms with Gasteiger partial charge in [0.05, 0.1) is 10.6 Å². The summed E-state index contributed by atoms with van der Waals surface area (Å²) in [4.78, 5) is 12.7. The minimum absolute atomic E-state index is 0.121. The molecule has 0 unspecified atom stereocenters. The van der Waals surface area contributed by atoms with Crippen LogP contribution < -0.4 is 5.76 Å². The molecule has 1 heterocycles. The molecule has 186 valence electrons. The summed E-state index contributed by atoms with van der Waals surface area (Å²) in [7, 11) is -3.78. The van der Waals surface area contributed by atoms with Gasteiger partial charge in [-0.3, -0.25) is 4.57 Å². The lowest BCUT2D eigenvalue weighted by Crippen LogP contribution is -2.30. The average molecular weight is 503 g/mol. The Hall–Kier alpha value is -3.42. The largest absolute Gasteiger partial charge is 0.419 e. The number of nitrogens with zero attached hydrogens (tertiary/aromatic N) is 2. The first-order valence-corrected chi connectivity index (χ1v) is 13.8. The van der Waals surface area contributed by atoms with Crippen LogP contribution in [0.25, 0.3) is 11.3 Å². The standard InChI is InChI=1S/C29H30N2O4S/c32-29-31(26-14-8-3-9-15-26)28(22-35-29)25-16-18-27(19-17-25)36(33,34)30(20-23-10-4-1-5-11-23)21-24-12-6-2-7-13-24/h1-2,4-7,10-13,16-19,22,26H,3,8-9,14-15,20-21H2. The second-order valence-electron chi connectivity index (χ2n) is 9.32. The number of oxazole rings is 1. The molecule has 1 saturated carbocycles. The molecule has 0 radical (unpaired) electrons. The van der Waals surface area contributed by atoms with Gasteiger partial charge in [0.25, 0.3) is 0 Å². The minimum atomic E-state index is -3.78. The predicted molar refractivity (Wildman–Crippen MR) is 140 cm³/mol. The molecule has 3 aromatic carbocycles. The molecule has 7 heteroatoms. The maximum absolute atomic E-state index is 13.8. The number of hydrogen-bond acceptors (Lipinski definition) is 4. The quantitative estimate of drug-likeness (QED) is 0.296. The molecule has 1 aliphatic carbocycles. The zero-order valence-electron chi connectivity index (χ0n) is 20.1. The number of benzene rings is 3. The Balaban J connectivity index is 1.45. The summed E-state index contributed by atoms with van der Waals surface area (Å²) in [6.45, 7) is 0.533. The van der Waals surface area contributed by atoms with Crippen LogP contribution in [-0.2, 0) is 23.1 Å². The Bertz CT molecular complexity index is 1400. The minimum Gasteiger partial charge on any atom is -0.416 e. The van der Waals surface area contributed by atoms with Crippen LogP contribution in [0.5, 0.6) is 0 Å². The van der Waals surface area contributed by atoms with E-state index in [0.29, 0.717) is 5.69 Å². The van der Waals surface area contributed by atoms with E-state index < -0.39 is 10.0 Å². The van der Waals surface area contributed by atoms with Crippen molar-refractivity contribution in [2.24, 2.45) is 0 Å². The first-order chi connectivity index (χ1) is 17.5. The molecule has 0 amide bonds. The molecule has 36 heavy (non-hydrogen) atoms. The van der Waals surface area contributed by atoms with Gasteiger partial charge in [-0.1, -0.05) is 92.1 Å². The molecule has 1 aliphatic rings. The highest BCUT2D eigenvalue weighted by Gasteiger charge is 2.26. The van der Waals surface area contributed by atoms with Crippen molar-refractivity contribution in [1.29, 1.82) is 0 Å². The molecule has 6 nitrogen and oxygen atoms in total. The molecule has 1 fully saturated rings. The van der Waals surface area contributed by atoms with E-state index in [1.807, 2.05) is 60.7 Å². The summed E-state index contributed by atoms with van der Waals surface area (Å²) in [6.07, 6.45) is 6.76. The SMILES string of the molecule is O=c1occ(-c2ccc(S(=O)(=O)N(Cc3ccccc3)Cc3ccccc3)cc2)n1C1CCCCC1. The Morgan fingerprint density at radius 3 is 1.89 bits per heavy atom. The van der Waals surface area contributed by atoms with Gasteiger partial charge in [0, 0.05) is 24.7 Å². The van der Waals surface area contributed by atoms with Crippen LogP contribution in [0, 0.1) is 0 Å². The number of rotatable bonds is 8. The summed E-state index contributed by atoms with van der Waals surface area (Å²) in [5.74, 6) is -0.356. The Labute approximate surface area is 211 Å². The van der Waals surface area contributed by atoms with Gasteiger partial charge in [0.15, 0.2) is 0 Å². The highest BCUT2D eigenvalue weighted by atomic mass is 32.2.